The molecule has 0 amide bonds. The van der Waals surface area contributed by atoms with Crippen molar-refractivity contribution in [3.63, 3.8) is 0 Å². The second-order valence-electron chi connectivity index (χ2n) is 1.62. The Kier molecular flexibility index (Phi) is 1.59. The zero-order chi connectivity index (χ0) is 6.85. The van der Waals surface area contributed by atoms with E-state index in [1.165, 1.54) is 0 Å². The molecule has 5 heteroatoms. The molecule has 0 spiro atoms. The molecule has 0 aromatic carbocycles. The van der Waals surface area contributed by atoms with E-state index in [-0.39, 0.29) is 0 Å². The Morgan fingerprint density at radius 3 is 2.78 bits per heavy atom. The maximum Gasteiger partial charge on any atom is 0.204 e. The first-order chi connectivity index (χ1) is 4.24. The molecule has 1 aromatic rings. The van der Waals surface area contributed by atoms with E-state index in [1.54, 1.807) is 17.8 Å². The third kappa shape index (κ3) is 1.14. The van der Waals surface area contributed by atoms with Crippen LogP contribution >= 0.6 is 11.6 Å². The van der Waals surface area contributed by atoms with Crippen molar-refractivity contribution >= 4 is 17.4 Å². The number of halogens is 1. The summed E-state index contributed by atoms with van der Waals surface area (Å²) in [6.45, 7) is 0. The average Bonchev–Trinajstić information content (AvgIpc) is 2.13. The first kappa shape index (κ1) is 6.38. The van der Waals surface area contributed by atoms with Gasteiger partial charge in [-0.15, -0.1) is 0 Å². The van der Waals surface area contributed by atoms with Gasteiger partial charge in [-0.1, -0.05) is 0 Å². The monoisotopic (exact) mass is 147 g/mol. The Morgan fingerprint density at radius 2 is 2.56 bits per heavy atom. The molecule has 0 saturated carbocycles. The maximum absolute atomic E-state index is 8.29. The Balaban J connectivity index is 2.98. The third-order valence-corrected chi connectivity index (χ3v) is 1.29. The predicted octanol–water partition coefficient (Wildman–Crippen LogP) is 0.875. The number of nitrogens with zero attached hydrogens (tertiary/aromatic N) is 2. The van der Waals surface area contributed by atoms with Crippen LogP contribution in [0.3, 0.4) is 0 Å². The molecule has 0 aliphatic rings. The molecule has 1 heterocycles. The number of aryl methyl sites for hydroxylation is 1. The lowest BCUT2D eigenvalue weighted by atomic mass is 10.8. The van der Waals surface area contributed by atoms with Crippen LogP contribution in [0.5, 0.6) is 0 Å². The van der Waals surface area contributed by atoms with Crippen LogP contribution in [-0.4, -0.2) is 14.8 Å². The van der Waals surface area contributed by atoms with Crippen molar-refractivity contribution in [3.8, 4) is 0 Å². The second kappa shape index (κ2) is 2.24. The summed E-state index contributed by atoms with van der Waals surface area (Å²) in [4.78, 5) is 3.70. The van der Waals surface area contributed by atoms with Crippen LogP contribution in [0.15, 0.2) is 6.20 Å². The number of aromatic nitrogens is 2. The van der Waals surface area contributed by atoms with Crippen molar-refractivity contribution in [3.05, 3.63) is 11.5 Å². The fraction of sp³-hybridized carbons (Fsp3) is 0.250. The molecular weight excluding hydrogens is 142 g/mol. The quantitative estimate of drug-likeness (QED) is 0.580. The summed E-state index contributed by atoms with van der Waals surface area (Å²) in [7, 11) is 1.73. The van der Waals surface area contributed by atoms with Gasteiger partial charge in [-0.2, -0.15) is 4.98 Å². The predicted molar refractivity (Wildman–Crippen MR) is 33.6 cm³/mol. The van der Waals surface area contributed by atoms with Crippen molar-refractivity contribution in [2.75, 3.05) is 5.48 Å². The largest absolute Gasteiger partial charge is 0.323 e. The first-order valence-corrected chi connectivity index (χ1v) is 2.71. The van der Waals surface area contributed by atoms with Crippen molar-refractivity contribution in [2.24, 2.45) is 7.05 Å². The maximum atomic E-state index is 8.29. The summed E-state index contributed by atoms with van der Waals surface area (Å²) in [5, 5.41) is 8.63. The van der Waals surface area contributed by atoms with Gasteiger partial charge in [0.1, 0.15) is 0 Å². The number of anilines is 1. The summed E-state index contributed by atoms with van der Waals surface area (Å²) in [5.74, 6) is 0.350. The topological polar surface area (TPSA) is 50.1 Å². The molecule has 0 unspecified atom stereocenters. The van der Waals surface area contributed by atoms with Gasteiger partial charge in [-0.05, 0) is 11.6 Å². The zero-order valence-electron chi connectivity index (χ0n) is 4.80. The van der Waals surface area contributed by atoms with Crippen LogP contribution in [0.4, 0.5) is 5.82 Å². The summed E-state index contributed by atoms with van der Waals surface area (Å²) in [6, 6.07) is 0. The van der Waals surface area contributed by atoms with E-state index in [0.717, 1.165) is 0 Å². The number of nitrogens with one attached hydrogen (secondary N) is 1. The molecule has 0 fully saturated rings. The Morgan fingerprint density at radius 1 is 1.89 bits per heavy atom. The molecule has 0 radical (unpaired) electrons. The number of hydrogen-bond donors (Lipinski definition) is 2. The van der Waals surface area contributed by atoms with E-state index in [0.29, 0.717) is 11.1 Å². The van der Waals surface area contributed by atoms with E-state index in [1.807, 2.05) is 5.48 Å². The van der Waals surface area contributed by atoms with Crippen molar-refractivity contribution < 1.29 is 5.21 Å². The minimum absolute atomic E-state index is 0.339. The van der Waals surface area contributed by atoms with Crippen LogP contribution in [0, 0.1) is 0 Å². The standard InChI is InChI=1S/C4H6ClN3O/c1-8-2-3(7-9)6-4(8)5/h2,7,9H,1H3. The van der Waals surface area contributed by atoms with Gasteiger partial charge in [-0.25, -0.2) is 0 Å². The van der Waals surface area contributed by atoms with Crippen LogP contribution in [0.2, 0.25) is 5.28 Å². The summed E-state index contributed by atoms with van der Waals surface area (Å²) < 4.78 is 1.58. The van der Waals surface area contributed by atoms with E-state index >= 15 is 0 Å². The van der Waals surface area contributed by atoms with Gasteiger partial charge < -0.3 is 4.57 Å². The van der Waals surface area contributed by atoms with Gasteiger partial charge in [0.05, 0.1) is 6.20 Å². The zero-order valence-corrected chi connectivity index (χ0v) is 5.55. The van der Waals surface area contributed by atoms with Crippen LogP contribution < -0.4 is 5.48 Å². The molecule has 50 valence electrons. The molecule has 1 rings (SSSR count). The van der Waals surface area contributed by atoms with Gasteiger partial charge in [0.25, 0.3) is 0 Å². The Labute approximate surface area is 57.0 Å². The first-order valence-electron chi connectivity index (χ1n) is 2.33. The number of hydrogen-bond acceptors (Lipinski definition) is 3. The fourth-order valence-electron chi connectivity index (χ4n) is 0.498. The minimum atomic E-state index is 0.339. The van der Waals surface area contributed by atoms with E-state index < -0.39 is 0 Å². The minimum Gasteiger partial charge on any atom is -0.323 e. The highest BCUT2D eigenvalue weighted by molar-refractivity contribution is 6.28. The lowest BCUT2D eigenvalue weighted by Crippen LogP contribution is -1.87. The van der Waals surface area contributed by atoms with E-state index in [9.17, 15) is 0 Å². The summed E-state index contributed by atoms with van der Waals surface area (Å²) in [5.41, 5.74) is 1.87. The number of imidazole rings is 1. The summed E-state index contributed by atoms with van der Waals surface area (Å²) in [6.07, 6.45) is 1.57. The van der Waals surface area contributed by atoms with Crippen LogP contribution in [-0.2, 0) is 7.05 Å². The molecular formula is C4H6ClN3O. The highest BCUT2D eigenvalue weighted by Crippen LogP contribution is 2.09. The van der Waals surface area contributed by atoms with E-state index in [2.05, 4.69) is 4.98 Å². The highest BCUT2D eigenvalue weighted by Gasteiger charge is 1.98. The van der Waals surface area contributed by atoms with E-state index in [4.69, 9.17) is 16.8 Å². The fourth-order valence-corrected chi connectivity index (χ4v) is 0.638. The number of rotatable bonds is 1. The molecule has 0 saturated heterocycles. The van der Waals surface area contributed by atoms with Crippen LogP contribution in [0.25, 0.3) is 0 Å². The van der Waals surface area contributed by atoms with Crippen molar-refractivity contribution in [2.45, 2.75) is 0 Å². The Bertz CT molecular complexity index is 190. The van der Waals surface area contributed by atoms with Gasteiger partial charge in [0.15, 0.2) is 5.82 Å². The molecule has 0 bridgehead atoms. The lowest BCUT2D eigenvalue weighted by Gasteiger charge is -1.85. The van der Waals surface area contributed by atoms with Crippen LogP contribution in [0.1, 0.15) is 0 Å². The molecule has 9 heavy (non-hydrogen) atoms. The molecule has 0 aliphatic carbocycles. The normalized spacial score (nSPS) is 9.67. The molecule has 2 N–H and O–H groups in total. The third-order valence-electron chi connectivity index (χ3n) is 0.934. The second-order valence-corrected chi connectivity index (χ2v) is 1.96. The van der Waals surface area contributed by atoms with Crippen molar-refractivity contribution in [1.29, 1.82) is 0 Å². The average molecular weight is 148 g/mol. The molecule has 4 nitrogen and oxygen atoms in total. The molecule has 0 aliphatic heterocycles. The lowest BCUT2D eigenvalue weighted by molar-refractivity contribution is 0.386. The SMILES string of the molecule is Cn1cc(NO)nc1Cl. The molecule has 0 atom stereocenters. The van der Waals surface area contributed by atoms with Gasteiger partial charge >= 0.3 is 0 Å². The molecule has 1 aromatic heterocycles. The van der Waals surface area contributed by atoms with Crippen molar-refractivity contribution in [1.82, 2.24) is 9.55 Å². The Hall–Kier alpha value is -0.740. The van der Waals surface area contributed by atoms with Gasteiger partial charge in [0, 0.05) is 7.05 Å². The van der Waals surface area contributed by atoms with Gasteiger partial charge in [-0.3, -0.25) is 10.7 Å². The van der Waals surface area contributed by atoms with Gasteiger partial charge in [0.2, 0.25) is 5.28 Å². The smallest absolute Gasteiger partial charge is 0.204 e. The summed E-state index contributed by atoms with van der Waals surface area (Å²) >= 11 is 5.51. The highest BCUT2D eigenvalue weighted by atomic mass is 35.5.